The van der Waals surface area contributed by atoms with Crippen LogP contribution in [-0.4, -0.2) is 37.3 Å². The minimum Gasteiger partial charge on any atom is -0.335 e. The van der Waals surface area contributed by atoms with Gasteiger partial charge in [0.05, 0.1) is 23.5 Å². The lowest BCUT2D eigenvalue weighted by Gasteiger charge is -2.26. The minimum atomic E-state index is -2.99. The molecule has 2 aliphatic rings. The molecule has 19 heavy (non-hydrogen) atoms. The number of carbonyl (C=O) groups excluding carboxylic acids is 1. The van der Waals surface area contributed by atoms with Gasteiger partial charge in [0.25, 0.3) is 0 Å². The normalized spacial score (nSPS) is 29.8. The van der Waals surface area contributed by atoms with E-state index in [1.54, 1.807) is 11.3 Å². The van der Waals surface area contributed by atoms with E-state index in [0.717, 1.165) is 19.4 Å². The fourth-order valence-corrected chi connectivity index (χ4v) is 5.51. The van der Waals surface area contributed by atoms with Crippen LogP contribution in [-0.2, 0) is 14.6 Å². The van der Waals surface area contributed by atoms with Crippen molar-refractivity contribution < 1.29 is 13.2 Å². The first kappa shape index (κ1) is 13.1. The van der Waals surface area contributed by atoms with Crippen LogP contribution in [0.3, 0.4) is 0 Å². The van der Waals surface area contributed by atoms with E-state index in [1.165, 1.54) is 5.56 Å². The molecule has 4 nitrogen and oxygen atoms in total. The van der Waals surface area contributed by atoms with Crippen molar-refractivity contribution >= 4 is 27.1 Å². The quantitative estimate of drug-likeness (QED) is 0.837. The Morgan fingerprint density at radius 1 is 1.37 bits per heavy atom. The van der Waals surface area contributed by atoms with Crippen molar-refractivity contribution in [2.24, 2.45) is 5.92 Å². The van der Waals surface area contributed by atoms with Crippen molar-refractivity contribution in [1.29, 1.82) is 0 Å². The van der Waals surface area contributed by atoms with E-state index in [9.17, 15) is 13.2 Å². The number of likely N-dealkylation sites (tertiary alicyclic amines) is 1. The van der Waals surface area contributed by atoms with Gasteiger partial charge in [0, 0.05) is 6.54 Å². The van der Waals surface area contributed by atoms with Crippen molar-refractivity contribution in [3.63, 3.8) is 0 Å². The third-order valence-electron chi connectivity index (χ3n) is 4.05. The van der Waals surface area contributed by atoms with Crippen LogP contribution in [0.25, 0.3) is 0 Å². The number of carbonyl (C=O) groups is 1. The Balaban J connectivity index is 1.76. The first-order valence-corrected chi connectivity index (χ1v) is 9.36. The highest BCUT2D eigenvalue weighted by Crippen LogP contribution is 2.35. The van der Waals surface area contributed by atoms with Crippen molar-refractivity contribution in [1.82, 2.24) is 4.90 Å². The average molecular weight is 299 g/mol. The molecule has 2 atom stereocenters. The fourth-order valence-electron chi connectivity index (χ4n) is 3.07. The van der Waals surface area contributed by atoms with E-state index in [4.69, 9.17) is 0 Å². The first-order chi connectivity index (χ1) is 9.07. The highest BCUT2D eigenvalue weighted by Gasteiger charge is 2.39. The van der Waals surface area contributed by atoms with Crippen LogP contribution in [0.1, 0.15) is 30.9 Å². The van der Waals surface area contributed by atoms with E-state index >= 15 is 0 Å². The summed E-state index contributed by atoms with van der Waals surface area (Å²) in [6.07, 6.45) is 2.49. The minimum absolute atomic E-state index is 0.0368. The number of rotatable bonds is 2. The fraction of sp³-hybridized carbons (Fsp3) is 0.615. The van der Waals surface area contributed by atoms with Gasteiger partial charge >= 0.3 is 0 Å². The number of amides is 1. The van der Waals surface area contributed by atoms with Crippen molar-refractivity contribution in [2.45, 2.75) is 25.3 Å². The summed E-state index contributed by atoms with van der Waals surface area (Å²) in [7, 11) is -2.99. The Morgan fingerprint density at radius 2 is 2.21 bits per heavy atom. The van der Waals surface area contributed by atoms with E-state index in [2.05, 4.69) is 11.4 Å². The standard InChI is InChI=1S/C13H17NO3S2/c15-13(11-4-7-19(16,17)9-11)14-5-1-2-12(14)10-3-6-18-8-10/h3,6,8,11-12H,1-2,4-5,7,9H2/t11-,12-/m1/s1. The average Bonchev–Trinajstić information content (AvgIpc) is 3.06. The molecule has 2 saturated heterocycles. The molecular weight excluding hydrogens is 282 g/mol. The van der Waals surface area contributed by atoms with Gasteiger partial charge in [0.2, 0.25) is 5.91 Å². The van der Waals surface area contributed by atoms with Crippen LogP contribution >= 0.6 is 11.3 Å². The summed E-state index contributed by atoms with van der Waals surface area (Å²) in [5.74, 6) is -0.0713. The van der Waals surface area contributed by atoms with Crippen LogP contribution in [0.15, 0.2) is 16.8 Å². The topological polar surface area (TPSA) is 54.5 Å². The van der Waals surface area contributed by atoms with Crippen LogP contribution in [0.5, 0.6) is 0 Å². The van der Waals surface area contributed by atoms with E-state index in [-0.39, 0.29) is 29.4 Å². The molecule has 1 aromatic rings. The van der Waals surface area contributed by atoms with Crippen LogP contribution in [0.2, 0.25) is 0 Å². The van der Waals surface area contributed by atoms with E-state index in [0.29, 0.717) is 6.42 Å². The lowest BCUT2D eigenvalue weighted by molar-refractivity contribution is -0.135. The van der Waals surface area contributed by atoms with Gasteiger partial charge in [-0.1, -0.05) is 0 Å². The Labute approximate surface area is 117 Å². The summed E-state index contributed by atoms with van der Waals surface area (Å²) in [4.78, 5) is 14.4. The summed E-state index contributed by atoms with van der Waals surface area (Å²) >= 11 is 1.64. The van der Waals surface area contributed by atoms with Gasteiger partial charge in [0.15, 0.2) is 9.84 Å². The van der Waals surface area contributed by atoms with Gasteiger partial charge < -0.3 is 4.90 Å². The monoisotopic (exact) mass is 299 g/mol. The molecule has 0 aromatic carbocycles. The van der Waals surface area contributed by atoms with Gasteiger partial charge in [-0.3, -0.25) is 4.79 Å². The molecule has 0 spiro atoms. The molecule has 1 aromatic heterocycles. The Bertz CT molecular complexity index is 565. The van der Waals surface area contributed by atoms with Crippen molar-refractivity contribution in [3.05, 3.63) is 22.4 Å². The Kier molecular flexibility index (Phi) is 3.39. The number of hydrogen-bond donors (Lipinski definition) is 0. The number of hydrogen-bond acceptors (Lipinski definition) is 4. The molecule has 3 heterocycles. The predicted molar refractivity (Wildman–Crippen MR) is 74.8 cm³/mol. The first-order valence-electron chi connectivity index (χ1n) is 6.60. The van der Waals surface area contributed by atoms with Crippen LogP contribution in [0.4, 0.5) is 0 Å². The molecule has 0 unspecified atom stereocenters. The molecule has 0 N–H and O–H groups in total. The van der Waals surface area contributed by atoms with Crippen LogP contribution < -0.4 is 0 Å². The van der Waals surface area contributed by atoms with Crippen molar-refractivity contribution in [2.75, 3.05) is 18.1 Å². The van der Waals surface area contributed by atoms with Crippen molar-refractivity contribution in [3.8, 4) is 0 Å². The third-order valence-corrected chi connectivity index (χ3v) is 6.51. The van der Waals surface area contributed by atoms with Gasteiger partial charge in [-0.2, -0.15) is 11.3 Å². The molecule has 0 radical (unpaired) electrons. The zero-order valence-corrected chi connectivity index (χ0v) is 12.3. The largest absolute Gasteiger partial charge is 0.335 e. The second kappa shape index (κ2) is 4.90. The van der Waals surface area contributed by atoms with Crippen LogP contribution in [0, 0.1) is 5.92 Å². The van der Waals surface area contributed by atoms with Gasteiger partial charge in [-0.05, 0) is 41.7 Å². The molecule has 0 aliphatic carbocycles. The highest BCUT2D eigenvalue weighted by molar-refractivity contribution is 7.91. The predicted octanol–water partition coefficient (Wildman–Crippen LogP) is 1.85. The maximum Gasteiger partial charge on any atom is 0.227 e. The van der Waals surface area contributed by atoms with Gasteiger partial charge in [0.1, 0.15) is 0 Å². The molecule has 0 saturated carbocycles. The van der Waals surface area contributed by atoms with E-state index in [1.807, 2.05) is 10.3 Å². The molecule has 2 fully saturated rings. The second-order valence-corrected chi connectivity index (χ2v) is 8.36. The number of thiophene rings is 1. The third kappa shape index (κ3) is 2.56. The summed E-state index contributed by atoms with van der Waals surface area (Å²) in [5.41, 5.74) is 1.19. The molecule has 0 bridgehead atoms. The zero-order valence-electron chi connectivity index (χ0n) is 10.6. The van der Waals surface area contributed by atoms with E-state index < -0.39 is 9.84 Å². The second-order valence-electron chi connectivity index (χ2n) is 5.35. The molecule has 3 rings (SSSR count). The summed E-state index contributed by atoms with van der Waals surface area (Å²) in [5, 5.41) is 4.11. The number of nitrogens with zero attached hydrogens (tertiary/aromatic N) is 1. The maximum absolute atomic E-state index is 12.5. The lowest BCUT2D eigenvalue weighted by atomic mass is 10.0. The van der Waals surface area contributed by atoms with Gasteiger partial charge in [-0.15, -0.1) is 0 Å². The molecule has 1 amide bonds. The molecule has 6 heteroatoms. The smallest absolute Gasteiger partial charge is 0.227 e. The zero-order chi connectivity index (χ0) is 13.5. The summed E-state index contributed by atoms with van der Waals surface area (Å²) in [6.45, 7) is 0.760. The van der Waals surface area contributed by atoms with Gasteiger partial charge in [-0.25, -0.2) is 8.42 Å². The Hall–Kier alpha value is -0.880. The summed E-state index contributed by atoms with van der Waals surface area (Å²) in [6, 6.07) is 2.22. The molecule has 104 valence electrons. The summed E-state index contributed by atoms with van der Waals surface area (Å²) < 4.78 is 23.0. The molecule has 2 aliphatic heterocycles. The highest BCUT2D eigenvalue weighted by atomic mass is 32.2. The SMILES string of the molecule is O=C([C@@H]1CCS(=O)(=O)C1)N1CCC[C@@H]1c1ccsc1. The maximum atomic E-state index is 12.5. The Morgan fingerprint density at radius 3 is 2.84 bits per heavy atom. The number of sulfone groups is 1. The molecular formula is C13H17NO3S2. The lowest BCUT2D eigenvalue weighted by Crippen LogP contribution is -2.36.